The highest BCUT2D eigenvalue weighted by atomic mass is 79.9. The van der Waals surface area contributed by atoms with Gasteiger partial charge in [-0.25, -0.2) is 0 Å². The SMILES string of the molecule is CC(C)(C)c1cc(NC(=O)CCCc2ccc(Br)s2)n[nH]1. The summed E-state index contributed by atoms with van der Waals surface area (Å²) < 4.78 is 1.13. The smallest absolute Gasteiger partial charge is 0.225 e. The zero-order valence-electron chi connectivity index (χ0n) is 12.5. The Hall–Kier alpha value is -1.14. The molecule has 0 aliphatic carbocycles. The van der Waals surface area contributed by atoms with Crippen LogP contribution in [0.25, 0.3) is 0 Å². The van der Waals surface area contributed by atoms with E-state index in [1.807, 2.05) is 12.1 Å². The number of carbonyl (C=O) groups is 1. The summed E-state index contributed by atoms with van der Waals surface area (Å²) in [6.07, 6.45) is 2.28. The summed E-state index contributed by atoms with van der Waals surface area (Å²) in [5, 5.41) is 9.94. The van der Waals surface area contributed by atoms with Crippen molar-refractivity contribution in [2.75, 3.05) is 5.32 Å². The molecule has 6 heteroatoms. The van der Waals surface area contributed by atoms with Crippen molar-refractivity contribution in [3.63, 3.8) is 0 Å². The second-order valence-electron chi connectivity index (χ2n) is 6.02. The molecule has 1 amide bonds. The number of aromatic amines is 1. The molecule has 21 heavy (non-hydrogen) atoms. The monoisotopic (exact) mass is 369 g/mol. The number of aromatic nitrogens is 2. The van der Waals surface area contributed by atoms with Crippen molar-refractivity contribution in [1.82, 2.24) is 10.2 Å². The van der Waals surface area contributed by atoms with Gasteiger partial charge in [-0.15, -0.1) is 11.3 Å². The van der Waals surface area contributed by atoms with Crippen molar-refractivity contribution in [1.29, 1.82) is 0 Å². The first-order valence-electron chi connectivity index (χ1n) is 6.94. The third kappa shape index (κ3) is 4.97. The molecule has 0 unspecified atom stereocenters. The molecule has 2 rings (SSSR count). The Labute approximate surface area is 137 Å². The maximum atomic E-state index is 11.9. The predicted octanol–water partition coefficient (Wildman–Crippen LogP) is 4.49. The lowest BCUT2D eigenvalue weighted by molar-refractivity contribution is -0.116. The number of nitrogens with zero attached hydrogens (tertiary/aromatic N) is 1. The van der Waals surface area contributed by atoms with Gasteiger partial charge in [0.25, 0.3) is 0 Å². The molecule has 0 radical (unpaired) electrons. The number of halogens is 1. The molecule has 0 aromatic carbocycles. The largest absolute Gasteiger partial charge is 0.309 e. The number of H-pyrrole nitrogens is 1. The molecule has 0 spiro atoms. The van der Waals surface area contributed by atoms with Crippen molar-refractivity contribution in [3.8, 4) is 0 Å². The minimum absolute atomic E-state index is 0.00252. The van der Waals surface area contributed by atoms with E-state index in [1.165, 1.54) is 4.88 Å². The number of aryl methyl sites for hydroxylation is 1. The third-order valence-corrected chi connectivity index (χ3v) is 4.79. The van der Waals surface area contributed by atoms with Gasteiger partial charge in [0.15, 0.2) is 5.82 Å². The summed E-state index contributed by atoms with van der Waals surface area (Å²) in [5.41, 5.74) is 1.02. The summed E-state index contributed by atoms with van der Waals surface area (Å²) in [6, 6.07) is 6.03. The number of amides is 1. The van der Waals surface area contributed by atoms with Gasteiger partial charge in [-0.05, 0) is 40.9 Å². The summed E-state index contributed by atoms with van der Waals surface area (Å²) in [4.78, 5) is 13.2. The Morgan fingerprint density at radius 3 is 2.76 bits per heavy atom. The second kappa shape index (κ2) is 6.75. The van der Waals surface area contributed by atoms with E-state index in [9.17, 15) is 4.79 Å². The maximum Gasteiger partial charge on any atom is 0.225 e. The van der Waals surface area contributed by atoms with E-state index in [1.54, 1.807) is 11.3 Å². The number of thiophene rings is 1. The summed E-state index contributed by atoms with van der Waals surface area (Å²) in [6.45, 7) is 6.31. The van der Waals surface area contributed by atoms with Crippen LogP contribution < -0.4 is 5.32 Å². The van der Waals surface area contributed by atoms with Gasteiger partial charge in [0.2, 0.25) is 5.91 Å². The van der Waals surface area contributed by atoms with Gasteiger partial charge >= 0.3 is 0 Å². The van der Waals surface area contributed by atoms with Gasteiger partial charge in [0.1, 0.15) is 0 Å². The molecule has 2 heterocycles. The van der Waals surface area contributed by atoms with E-state index < -0.39 is 0 Å². The van der Waals surface area contributed by atoms with Crippen molar-refractivity contribution in [3.05, 3.63) is 32.6 Å². The van der Waals surface area contributed by atoms with Crippen LogP contribution >= 0.6 is 27.3 Å². The predicted molar refractivity (Wildman–Crippen MR) is 90.9 cm³/mol. The van der Waals surface area contributed by atoms with Gasteiger partial charge in [-0.3, -0.25) is 9.89 Å². The summed E-state index contributed by atoms with van der Waals surface area (Å²) in [5.74, 6) is 0.612. The Morgan fingerprint density at radius 1 is 1.43 bits per heavy atom. The van der Waals surface area contributed by atoms with E-state index >= 15 is 0 Å². The van der Waals surface area contributed by atoms with Crippen LogP contribution in [0.15, 0.2) is 22.0 Å². The van der Waals surface area contributed by atoms with E-state index in [0.29, 0.717) is 12.2 Å². The standard InChI is InChI=1S/C15H20BrN3OS/c1-15(2,3)11-9-13(19-18-11)17-14(20)6-4-5-10-7-8-12(16)21-10/h7-9H,4-6H2,1-3H3,(H2,17,18,19,20). The molecule has 2 aromatic heterocycles. The van der Waals surface area contributed by atoms with Crippen LogP contribution in [0.1, 0.15) is 44.2 Å². The maximum absolute atomic E-state index is 11.9. The van der Waals surface area contributed by atoms with Crippen LogP contribution in [-0.2, 0) is 16.6 Å². The van der Waals surface area contributed by atoms with Crippen molar-refractivity contribution >= 4 is 39.0 Å². The van der Waals surface area contributed by atoms with Crippen LogP contribution in [0.2, 0.25) is 0 Å². The quantitative estimate of drug-likeness (QED) is 0.815. The minimum Gasteiger partial charge on any atom is -0.309 e. The van der Waals surface area contributed by atoms with Crippen molar-refractivity contribution < 1.29 is 4.79 Å². The fourth-order valence-electron chi connectivity index (χ4n) is 1.88. The molecular weight excluding hydrogens is 350 g/mol. The molecule has 0 saturated carbocycles. The number of hydrogen-bond donors (Lipinski definition) is 2. The Bertz CT molecular complexity index is 612. The van der Waals surface area contributed by atoms with Crippen LogP contribution in [0, 0.1) is 0 Å². The van der Waals surface area contributed by atoms with Crippen LogP contribution in [0.4, 0.5) is 5.82 Å². The molecule has 0 bridgehead atoms. The van der Waals surface area contributed by atoms with Crippen LogP contribution in [0.5, 0.6) is 0 Å². The lowest BCUT2D eigenvalue weighted by atomic mass is 9.92. The average Bonchev–Trinajstić information content (AvgIpc) is 2.98. The second-order valence-corrected chi connectivity index (χ2v) is 8.57. The first kappa shape index (κ1) is 16.2. The molecule has 4 nitrogen and oxygen atoms in total. The zero-order valence-corrected chi connectivity index (χ0v) is 14.9. The highest BCUT2D eigenvalue weighted by Gasteiger charge is 2.17. The van der Waals surface area contributed by atoms with Gasteiger partial charge in [-0.1, -0.05) is 20.8 Å². The molecule has 2 N–H and O–H groups in total. The number of anilines is 1. The first-order valence-corrected chi connectivity index (χ1v) is 8.55. The van der Waals surface area contributed by atoms with Crippen LogP contribution in [0.3, 0.4) is 0 Å². The highest BCUT2D eigenvalue weighted by molar-refractivity contribution is 9.11. The Kier molecular flexibility index (Phi) is 5.22. The number of rotatable bonds is 5. The molecule has 0 aliphatic heterocycles. The molecule has 0 saturated heterocycles. The summed E-state index contributed by atoms with van der Waals surface area (Å²) in [7, 11) is 0. The zero-order chi connectivity index (χ0) is 15.5. The molecular formula is C15H20BrN3OS. The third-order valence-electron chi connectivity index (χ3n) is 3.11. The molecule has 0 aliphatic rings. The number of hydrogen-bond acceptors (Lipinski definition) is 3. The normalized spacial score (nSPS) is 11.6. The number of nitrogens with one attached hydrogen (secondary N) is 2. The van der Waals surface area contributed by atoms with E-state index in [2.05, 4.69) is 58.3 Å². The molecule has 0 atom stereocenters. The van der Waals surface area contributed by atoms with E-state index in [0.717, 1.165) is 22.3 Å². The fraction of sp³-hybridized carbons (Fsp3) is 0.467. The van der Waals surface area contributed by atoms with Gasteiger partial charge in [0, 0.05) is 28.5 Å². The Morgan fingerprint density at radius 2 is 2.19 bits per heavy atom. The lowest BCUT2D eigenvalue weighted by Gasteiger charge is -2.14. The average molecular weight is 370 g/mol. The number of carbonyl (C=O) groups excluding carboxylic acids is 1. The fourth-order valence-corrected chi connectivity index (χ4v) is 3.41. The topological polar surface area (TPSA) is 57.8 Å². The minimum atomic E-state index is 0.00252. The highest BCUT2D eigenvalue weighted by Crippen LogP contribution is 2.24. The van der Waals surface area contributed by atoms with Gasteiger partial charge in [0.05, 0.1) is 3.79 Å². The lowest BCUT2D eigenvalue weighted by Crippen LogP contribution is -2.12. The van der Waals surface area contributed by atoms with Crippen molar-refractivity contribution in [2.45, 2.75) is 45.4 Å². The Balaban J connectivity index is 1.78. The molecule has 2 aromatic rings. The molecule has 114 valence electrons. The van der Waals surface area contributed by atoms with Gasteiger partial charge in [-0.2, -0.15) is 5.10 Å². The summed E-state index contributed by atoms with van der Waals surface area (Å²) >= 11 is 5.16. The van der Waals surface area contributed by atoms with E-state index in [4.69, 9.17) is 0 Å². The molecule has 0 fully saturated rings. The van der Waals surface area contributed by atoms with Crippen LogP contribution in [-0.4, -0.2) is 16.1 Å². The van der Waals surface area contributed by atoms with E-state index in [-0.39, 0.29) is 11.3 Å². The first-order chi connectivity index (χ1) is 9.84. The van der Waals surface area contributed by atoms with Gasteiger partial charge < -0.3 is 5.32 Å². The van der Waals surface area contributed by atoms with Crippen molar-refractivity contribution in [2.24, 2.45) is 0 Å².